The Morgan fingerprint density at radius 3 is 3.00 bits per heavy atom. The summed E-state index contributed by atoms with van der Waals surface area (Å²) >= 11 is 0. The van der Waals surface area contributed by atoms with Crippen molar-refractivity contribution in [3.05, 3.63) is 44.3 Å². The molecule has 1 amide bonds. The van der Waals surface area contributed by atoms with Gasteiger partial charge in [0, 0.05) is 36.6 Å². The van der Waals surface area contributed by atoms with Gasteiger partial charge in [0.05, 0.1) is 10.6 Å². The van der Waals surface area contributed by atoms with Crippen LogP contribution in [0.15, 0.2) is 23.3 Å². The van der Waals surface area contributed by atoms with Gasteiger partial charge in [-0.15, -0.1) is 0 Å². The highest BCUT2D eigenvalue weighted by Gasteiger charge is 2.31. The largest absolute Gasteiger partial charge is 0.312 e. The number of benzene rings is 1. The fourth-order valence-electron chi connectivity index (χ4n) is 2.29. The molecule has 1 atom stereocenters. The van der Waals surface area contributed by atoms with Gasteiger partial charge in [0.2, 0.25) is 5.91 Å². The van der Waals surface area contributed by atoms with Gasteiger partial charge in [-0.1, -0.05) is 11.2 Å². The van der Waals surface area contributed by atoms with Gasteiger partial charge in [-0.25, -0.2) is 0 Å². The minimum atomic E-state index is -0.485. The highest BCUT2D eigenvalue weighted by Crippen LogP contribution is 2.31. The Bertz CT molecular complexity index is 609. The Hall–Kier alpha value is -2.60. The molecule has 8 heteroatoms. The number of anilines is 1. The maximum atomic E-state index is 12.0. The van der Waals surface area contributed by atoms with E-state index in [-0.39, 0.29) is 24.1 Å². The number of hydrogen-bond donors (Lipinski definition) is 0. The van der Waals surface area contributed by atoms with Crippen LogP contribution in [0.25, 0.3) is 10.4 Å². The van der Waals surface area contributed by atoms with Crippen molar-refractivity contribution in [1.82, 2.24) is 0 Å². The van der Waals surface area contributed by atoms with Gasteiger partial charge >= 0.3 is 0 Å². The van der Waals surface area contributed by atoms with Crippen molar-refractivity contribution in [3.63, 3.8) is 0 Å². The van der Waals surface area contributed by atoms with Crippen molar-refractivity contribution >= 4 is 17.3 Å². The molecule has 0 radical (unpaired) electrons. The number of non-ortho nitro benzene ring substituents is 1. The summed E-state index contributed by atoms with van der Waals surface area (Å²) in [7, 11) is 0. The fourth-order valence-corrected chi connectivity index (χ4v) is 2.29. The predicted molar refractivity (Wildman–Crippen MR) is 72.3 cm³/mol. The van der Waals surface area contributed by atoms with Crippen LogP contribution in [0, 0.1) is 23.0 Å². The number of amides is 1. The van der Waals surface area contributed by atoms with Crippen LogP contribution in [0.2, 0.25) is 0 Å². The Morgan fingerprint density at radius 2 is 2.35 bits per heavy atom. The summed E-state index contributed by atoms with van der Waals surface area (Å²) in [5.41, 5.74) is 9.61. The zero-order valence-corrected chi connectivity index (χ0v) is 10.9. The van der Waals surface area contributed by atoms with E-state index in [1.807, 2.05) is 0 Å². The van der Waals surface area contributed by atoms with Crippen molar-refractivity contribution in [3.8, 4) is 0 Å². The fraction of sp³-hybridized carbons (Fsp3) is 0.417. The summed E-state index contributed by atoms with van der Waals surface area (Å²) in [6.45, 7) is 2.47. The number of carbonyl (C=O) groups is 1. The summed E-state index contributed by atoms with van der Waals surface area (Å²) in [6, 6.07) is 4.45. The maximum Gasteiger partial charge on any atom is 0.271 e. The third kappa shape index (κ3) is 2.70. The van der Waals surface area contributed by atoms with Gasteiger partial charge in [0.15, 0.2) is 0 Å². The van der Waals surface area contributed by atoms with E-state index in [4.69, 9.17) is 5.53 Å². The van der Waals surface area contributed by atoms with Gasteiger partial charge < -0.3 is 4.90 Å². The number of carbonyl (C=O) groups excluding carboxylic acids is 1. The first-order valence-corrected chi connectivity index (χ1v) is 6.09. The van der Waals surface area contributed by atoms with E-state index in [2.05, 4.69) is 10.0 Å². The van der Waals surface area contributed by atoms with Gasteiger partial charge in [0.25, 0.3) is 5.69 Å². The average molecular weight is 275 g/mol. The topological polar surface area (TPSA) is 112 Å². The smallest absolute Gasteiger partial charge is 0.271 e. The Morgan fingerprint density at radius 1 is 1.60 bits per heavy atom. The molecule has 20 heavy (non-hydrogen) atoms. The molecule has 1 aromatic rings. The number of hydrogen-bond acceptors (Lipinski definition) is 4. The predicted octanol–water partition coefficient (Wildman–Crippen LogP) is 2.57. The van der Waals surface area contributed by atoms with Crippen LogP contribution in [0.5, 0.6) is 0 Å². The number of nitro benzene ring substituents is 1. The molecule has 1 saturated heterocycles. The SMILES string of the molecule is Cc1ccc([N+](=O)[O-])cc1N1CC(CN=[N+]=[N-])CC1=O. The van der Waals surface area contributed by atoms with E-state index in [0.717, 1.165) is 5.56 Å². The number of aryl methyl sites for hydroxylation is 1. The van der Waals surface area contributed by atoms with Gasteiger partial charge in [-0.05, 0) is 23.9 Å². The van der Waals surface area contributed by atoms with E-state index in [1.54, 1.807) is 13.0 Å². The molecule has 104 valence electrons. The van der Waals surface area contributed by atoms with Crippen molar-refractivity contribution in [2.45, 2.75) is 13.3 Å². The third-order valence-electron chi connectivity index (χ3n) is 3.30. The van der Waals surface area contributed by atoms with E-state index in [9.17, 15) is 14.9 Å². The van der Waals surface area contributed by atoms with Crippen LogP contribution in [0.1, 0.15) is 12.0 Å². The highest BCUT2D eigenvalue weighted by atomic mass is 16.6. The van der Waals surface area contributed by atoms with Crippen LogP contribution in [-0.2, 0) is 4.79 Å². The molecular weight excluding hydrogens is 262 g/mol. The minimum Gasteiger partial charge on any atom is -0.312 e. The van der Waals surface area contributed by atoms with Gasteiger partial charge in [0.1, 0.15) is 0 Å². The molecule has 2 rings (SSSR count). The summed E-state index contributed by atoms with van der Waals surface area (Å²) in [4.78, 5) is 26.5. The maximum absolute atomic E-state index is 12.0. The Balaban J connectivity index is 2.27. The number of azide groups is 1. The average Bonchev–Trinajstić information content (AvgIpc) is 2.77. The highest BCUT2D eigenvalue weighted by molar-refractivity contribution is 5.96. The molecule has 0 aliphatic carbocycles. The quantitative estimate of drug-likeness (QED) is 0.276. The molecule has 8 nitrogen and oxygen atoms in total. The normalized spacial score (nSPS) is 17.9. The molecule has 0 bridgehead atoms. The molecule has 0 saturated carbocycles. The molecule has 1 heterocycles. The molecular formula is C12H13N5O3. The minimum absolute atomic E-state index is 0.0444. The standard InChI is InChI=1S/C12H13N5O3/c1-8-2-3-10(17(19)20)5-11(8)16-7-9(4-12(16)18)6-14-15-13/h2-3,5,9H,4,6-7H2,1H3. The molecule has 1 aromatic carbocycles. The molecule has 0 spiro atoms. The summed E-state index contributed by atoms with van der Waals surface area (Å²) in [5, 5.41) is 14.3. The van der Waals surface area contributed by atoms with Crippen LogP contribution in [0.3, 0.4) is 0 Å². The lowest BCUT2D eigenvalue weighted by atomic mass is 10.1. The van der Waals surface area contributed by atoms with E-state index in [0.29, 0.717) is 18.7 Å². The number of rotatable bonds is 4. The molecule has 1 fully saturated rings. The molecule has 0 aromatic heterocycles. The second-order valence-electron chi connectivity index (χ2n) is 4.72. The van der Waals surface area contributed by atoms with E-state index >= 15 is 0 Å². The first-order chi connectivity index (χ1) is 9.52. The number of nitrogens with zero attached hydrogens (tertiary/aromatic N) is 5. The molecule has 1 aliphatic rings. The lowest BCUT2D eigenvalue weighted by molar-refractivity contribution is -0.384. The summed E-state index contributed by atoms with van der Waals surface area (Å²) in [6.07, 6.45) is 0.293. The Labute approximate surface area is 114 Å². The lowest BCUT2D eigenvalue weighted by Gasteiger charge is -2.18. The van der Waals surface area contributed by atoms with Gasteiger partial charge in [-0.2, -0.15) is 0 Å². The van der Waals surface area contributed by atoms with Crippen LogP contribution in [-0.4, -0.2) is 23.9 Å². The zero-order chi connectivity index (χ0) is 14.7. The van der Waals surface area contributed by atoms with Crippen LogP contribution >= 0.6 is 0 Å². The van der Waals surface area contributed by atoms with E-state index in [1.165, 1.54) is 17.0 Å². The first-order valence-electron chi connectivity index (χ1n) is 6.09. The lowest BCUT2D eigenvalue weighted by Crippen LogP contribution is -2.25. The van der Waals surface area contributed by atoms with Crippen molar-refractivity contribution in [2.24, 2.45) is 11.0 Å². The second kappa shape index (κ2) is 5.58. The zero-order valence-electron chi connectivity index (χ0n) is 10.9. The van der Waals surface area contributed by atoms with Crippen molar-refractivity contribution < 1.29 is 9.72 Å². The summed E-state index contributed by atoms with van der Waals surface area (Å²) < 4.78 is 0. The third-order valence-corrected chi connectivity index (χ3v) is 3.30. The second-order valence-corrected chi connectivity index (χ2v) is 4.72. The molecule has 1 aliphatic heterocycles. The monoisotopic (exact) mass is 275 g/mol. The van der Waals surface area contributed by atoms with E-state index < -0.39 is 4.92 Å². The number of nitro groups is 1. The molecule has 1 unspecified atom stereocenters. The van der Waals surface area contributed by atoms with Crippen molar-refractivity contribution in [1.29, 1.82) is 0 Å². The Kier molecular flexibility index (Phi) is 3.86. The van der Waals surface area contributed by atoms with Crippen LogP contribution in [0.4, 0.5) is 11.4 Å². The first kappa shape index (κ1) is 13.8. The van der Waals surface area contributed by atoms with Crippen LogP contribution < -0.4 is 4.90 Å². The van der Waals surface area contributed by atoms with Crippen molar-refractivity contribution in [2.75, 3.05) is 18.0 Å². The summed E-state index contributed by atoms with van der Waals surface area (Å²) in [5.74, 6) is -0.149. The molecule has 0 N–H and O–H groups in total. The van der Waals surface area contributed by atoms with Gasteiger partial charge in [-0.3, -0.25) is 14.9 Å².